The van der Waals surface area contributed by atoms with Gasteiger partial charge in [-0.15, -0.1) is 0 Å². The highest BCUT2D eigenvalue weighted by Crippen LogP contribution is 2.34. The molecule has 12 heteroatoms. The molecule has 0 aromatic heterocycles. The third-order valence-electron chi connectivity index (χ3n) is 6.04. The van der Waals surface area contributed by atoms with Crippen LogP contribution >= 0.6 is 27.5 Å². The van der Waals surface area contributed by atoms with Crippen molar-refractivity contribution in [3.8, 4) is 11.5 Å². The van der Waals surface area contributed by atoms with Crippen molar-refractivity contribution in [1.82, 2.24) is 5.32 Å². The number of phenolic OH excluding ortho intramolecular Hbond substituents is 1. The Hall–Kier alpha value is -1.79. The minimum absolute atomic E-state index is 0.0513. The Morgan fingerprint density at radius 1 is 1.17 bits per heavy atom. The van der Waals surface area contributed by atoms with Gasteiger partial charge in [0, 0.05) is 11.0 Å². The first kappa shape index (κ1) is 30.4. The summed E-state index contributed by atoms with van der Waals surface area (Å²) >= 11 is 9.62. The first-order chi connectivity index (χ1) is 16.8. The number of phenols is 1. The van der Waals surface area contributed by atoms with Gasteiger partial charge in [0.1, 0.15) is 11.5 Å². The Bertz CT molecular complexity index is 1150. The fourth-order valence-electron chi connectivity index (χ4n) is 3.83. The third-order valence-corrected chi connectivity index (χ3v) is 12.0. The summed E-state index contributed by atoms with van der Waals surface area (Å²) in [7, 11) is -5.71. The van der Waals surface area contributed by atoms with Gasteiger partial charge in [-0.25, -0.2) is 8.42 Å². The lowest BCUT2D eigenvalue weighted by Crippen LogP contribution is -2.41. The molecular weight excluding hydrogens is 588 g/mol. The van der Waals surface area contributed by atoms with Crippen LogP contribution in [-0.4, -0.2) is 47.2 Å². The van der Waals surface area contributed by atoms with E-state index in [9.17, 15) is 18.3 Å². The van der Waals surface area contributed by atoms with E-state index in [1.165, 1.54) is 12.1 Å². The maximum atomic E-state index is 12.7. The zero-order valence-electron chi connectivity index (χ0n) is 21.2. The number of carbonyl (C=O) groups excluding carboxylic acids is 1. The van der Waals surface area contributed by atoms with E-state index in [2.05, 4.69) is 46.7 Å². The van der Waals surface area contributed by atoms with Crippen molar-refractivity contribution in [3.05, 3.63) is 51.0 Å². The Morgan fingerprint density at radius 2 is 1.81 bits per heavy atom. The van der Waals surface area contributed by atoms with Crippen LogP contribution in [0, 0.1) is 6.92 Å². The lowest BCUT2D eigenvalue weighted by molar-refractivity contribution is -0.123. The number of aryl methyl sites for hydroxylation is 1. The summed E-state index contributed by atoms with van der Waals surface area (Å²) in [5.74, 6) is -0.119. The van der Waals surface area contributed by atoms with Crippen molar-refractivity contribution < 1.29 is 27.5 Å². The summed E-state index contributed by atoms with van der Waals surface area (Å²) in [6.45, 7) is 8.04. The van der Waals surface area contributed by atoms with Crippen LogP contribution in [0.25, 0.3) is 0 Å². The molecule has 0 aliphatic carbocycles. The number of rotatable bonds is 13. The van der Waals surface area contributed by atoms with E-state index in [0.717, 1.165) is 34.4 Å². The van der Waals surface area contributed by atoms with Crippen LogP contribution < -0.4 is 14.8 Å². The largest absolute Gasteiger partial charge is 0.506 e. The average Bonchev–Trinajstić information content (AvgIpc) is 2.79. The lowest BCUT2D eigenvalue weighted by Gasteiger charge is -2.34. The molecule has 36 heavy (non-hydrogen) atoms. The smallest absolute Gasteiger partial charge is 0.258 e. The van der Waals surface area contributed by atoms with Crippen LogP contribution in [0.1, 0.15) is 38.0 Å². The lowest BCUT2D eigenvalue weighted by atomic mass is 10.1. The molecule has 8 nitrogen and oxygen atoms in total. The molecular formula is C24H34BrClN2O6SSi. The monoisotopic (exact) mass is 620 g/mol. The highest BCUT2D eigenvalue weighted by Gasteiger charge is 2.33. The van der Waals surface area contributed by atoms with Crippen molar-refractivity contribution in [1.29, 1.82) is 0 Å². The molecule has 0 heterocycles. The molecule has 0 bridgehead atoms. The number of aromatic hydroxyl groups is 1. The fraction of sp³-hybridized carbons (Fsp3) is 0.458. The quantitative estimate of drug-likeness (QED) is 0.194. The van der Waals surface area contributed by atoms with Crippen molar-refractivity contribution in [2.75, 3.05) is 24.1 Å². The molecule has 0 spiro atoms. The second kappa shape index (κ2) is 13.1. The van der Waals surface area contributed by atoms with E-state index >= 15 is 0 Å². The molecule has 0 aliphatic heterocycles. The van der Waals surface area contributed by atoms with E-state index in [-0.39, 0.29) is 30.5 Å². The van der Waals surface area contributed by atoms with E-state index in [4.69, 9.17) is 20.8 Å². The number of nitrogens with one attached hydrogen (secondary N) is 2. The molecule has 0 saturated heterocycles. The van der Waals surface area contributed by atoms with Crippen molar-refractivity contribution in [2.24, 2.45) is 0 Å². The number of halogens is 2. The average molecular weight is 622 g/mol. The van der Waals surface area contributed by atoms with E-state index < -0.39 is 24.4 Å². The van der Waals surface area contributed by atoms with Gasteiger partial charge in [-0.05, 0) is 60.4 Å². The minimum Gasteiger partial charge on any atom is -0.506 e. The summed E-state index contributed by atoms with van der Waals surface area (Å²) in [5, 5.41) is 13.4. The van der Waals surface area contributed by atoms with Crippen LogP contribution in [-0.2, 0) is 19.2 Å². The topological polar surface area (TPSA) is 114 Å². The first-order valence-electron chi connectivity index (χ1n) is 11.7. The van der Waals surface area contributed by atoms with Crippen molar-refractivity contribution in [3.63, 3.8) is 0 Å². The van der Waals surface area contributed by atoms with Crippen molar-refractivity contribution in [2.45, 2.75) is 51.9 Å². The Kier molecular flexibility index (Phi) is 11.1. The zero-order chi connectivity index (χ0) is 27.1. The molecule has 2 aromatic carbocycles. The van der Waals surface area contributed by atoms with Crippen LogP contribution in [0.15, 0.2) is 34.8 Å². The predicted molar refractivity (Wildman–Crippen MR) is 150 cm³/mol. The summed E-state index contributed by atoms with van der Waals surface area (Å²) < 4.78 is 39.0. The number of ether oxygens (including phenoxy) is 1. The van der Waals surface area contributed by atoms with Crippen LogP contribution in [0.2, 0.25) is 23.2 Å². The molecule has 0 aliphatic rings. The van der Waals surface area contributed by atoms with Gasteiger partial charge >= 0.3 is 0 Å². The van der Waals surface area contributed by atoms with Gasteiger partial charge in [-0.2, -0.15) is 0 Å². The number of anilines is 1. The SMILES string of the molecule is CC[Si](CC)(CC)OC(CNC(=O)COc1c(C)cc(Br)cc1Cl)c1ccc(O)c(NS(C)(=O)=O)c1. The molecule has 2 rings (SSSR count). The highest BCUT2D eigenvalue weighted by atomic mass is 79.9. The van der Waals surface area contributed by atoms with E-state index in [1.54, 1.807) is 12.1 Å². The predicted octanol–water partition coefficient (Wildman–Crippen LogP) is 5.75. The van der Waals surface area contributed by atoms with Crippen LogP contribution in [0.5, 0.6) is 11.5 Å². The maximum absolute atomic E-state index is 12.7. The van der Waals surface area contributed by atoms with E-state index in [1.807, 2.05) is 13.0 Å². The summed E-state index contributed by atoms with van der Waals surface area (Å²) in [5.41, 5.74) is 1.48. The summed E-state index contributed by atoms with van der Waals surface area (Å²) in [4.78, 5) is 12.7. The van der Waals surface area contributed by atoms with Gasteiger partial charge in [-0.3, -0.25) is 9.52 Å². The third kappa shape index (κ3) is 8.65. The van der Waals surface area contributed by atoms with Crippen LogP contribution in [0.4, 0.5) is 5.69 Å². The van der Waals surface area contributed by atoms with E-state index in [0.29, 0.717) is 16.3 Å². The van der Waals surface area contributed by atoms with Gasteiger partial charge in [-0.1, -0.05) is 54.4 Å². The molecule has 1 amide bonds. The summed E-state index contributed by atoms with van der Waals surface area (Å²) in [6.07, 6.45) is 0.467. The zero-order valence-corrected chi connectivity index (χ0v) is 25.3. The van der Waals surface area contributed by atoms with Crippen molar-refractivity contribution >= 4 is 57.5 Å². The number of amides is 1. The van der Waals surface area contributed by atoms with Gasteiger partial charge in [0.05, 0.1) is 23.1 Å². The van der Waals surface area contributed by atoms with Gasteiger partial charge in [0.15, 0.2) is 14.9 Å². The standard InChI is InChI=1S/C24H34BrClN2O6SSi/c1-6-36(7-2,8-3)34-22(17-9-10-21(29)20(12-17)28-35(5,31)32)14-27-23(30)15-33-24-16(4)11-18(25)13-19(24)26/h9-13,22,28-29H,6-8,14-15H2,1-5H3,(H,27,30). The number of hydrogen-bond acceptors (Lipinski definition) is 6. The molecule has 0 saturated carbocycles. The van der Waals surface area contributed by atoms with Crippen LogP contribution in [0.3, 0.4) is 0 Å². The first-order valence-corrected chi connectivity index (χ1v) is 17.3. The fourth-order valence-corrected chi connectivity index (χ4v) is 8.24. The number of benzene rings is 2. The molecule has 3 N–H and O–H groups in total. The minimum atomic E-state index is -3.60. The summed E-state index contributed by atoms with van der Waals surface area (Å²) in [6, 6.07) is 10.8. The molecule has 1 unspecified atom stereocenters. The molecule has 0 radical (unpaired) electrons. The Balaban J connectivity index is 2.24. The molecule has 0 fully saturated rings. The van der Waals surface area contributed by atoms with Gasteiger partial charge in [0.2, 0.25) is 10.0 Å². The molecule has 2 aromatic rings. The van der Waals surface area contributed by atoms with Gasteiger partial charge < -0.3 is 19.6 Å². The van der Waals surface area contributed by atoms with Gasteiger partial charge in [0.25, 0.3) is 5.91 Å². The number of hydrogen-bond donors (Lipinski definition) is 3. The number of carbonyl (C=O) groups is 1. The highest BCUT2D eigenvalue weighted by molar-refractivity contribution is 9.10. The normalized spacial score (nSPS) is 12.8. The Labute approximate surface area is 228 Å². The molecule has 1 atom stereocenters. The molecule has 200 valence electrons. The Morgan fingerprint density at radius 3 is 2.36 bits per heavy atom. The second-order valence-electron chi connectivity index (χ2n) is 8.63. The number of sulfonamides is 1. The second-order valence-corrected chi connectivity index (χ2v) is 16.4. The maximum Gasteiger partial charge on any atom is 0.258 e.